The first kappa shape index (κ1) is 21.4. The average Bonchev–Trinajstić information content (AvgIpc) is 3.45. The molecule has 0 amide bonds. The van der Waals surface area contributed by atoms with Crippen LogP contribution >= 0.6 is 11.6 Å². The summed E-state index contributed by atoms with van der Waals surface area (Å²) < 4.78 is 21.5. The number of halogens is 2. The molecule has 1 spiro atoms. The Balaban J connectivity index is 1.30. The number of hydrogen-bond acceptors (Lipinski definition) is 4. The van der Waals surface area contributed by atoms with Crippen molar-refractivity contribution in [3.8, 4) is 17.0 Å². The second-order valence-corrected chi connectivity index (χ2v) is 9.95. The third kappa shape index (κ3) is 3.35. The highest BCUT2D eigenvalue weighted by molar-refractivity contribution is 6.33. The van der Waals surface area contributed by atoms with Crippen LogP contribution in [0, 0.1) is 18.2 Å². The van der Waals surface area contributed by atoms with Crippen molar-refractivity contribution in [2.24, 2.45) is 5.41 Å². The van der Waals surface area contributed by atoms with E-state index in [1.54, 1.807) is 19.4 Å². The quantitative estimate of drug-likeness (QED) is 0.369. The molecular weight excluding hydrogens is 451 g/mol. The molecule has 2 aliphatic rings. The molecule has 0 saturated carbocycles. The van der Waals surface area contributed by atoms with Crippen molar-refractivity contribution in [2.45, 2.75) is 32.6 Å². The molecular formula is C27H26ClFN4O. The Hall–Kier alpha value is -3.12. The molecule has 1 aliphatic carbocycles. The van der Waals surface area contributed by atoms with Crippen molar-refractivity contribution in [3.05, 3.63) is 76.3 Å². The van der Waals surface area contributed by atoms with Crippen LogP contribution in [0.1, 0.15) is 29.7 Å². The lowest BCUT2D eigenvalue weighted by Crippen LogP contribution is -2.41. The van der Waals surface area contributed by atoms with Gasteiger partial charge in [0.05, 0.1) is 29.7 Å². The molecule has 1 saturated heterocycles. The van der Waals surface area contributed by atoms with E-state index in [-0.39, 0.29) is 5.02 Å². The van der Waals surface area contributed by atoms with Crippen LogP contribution in [0.5, 0.6) is 5.75 Å². The Morgan fingerprint density at radius 2 is 1.85 bits per heavy atom. The van der Waals surface area contributed by atoms with Crippen molar-refractivity contribution in [3.63, 3.8) is 0 Å². The lowest BCUT2D eigenvalue weighted by atomic mass is 9.76. The van der Waals surface area contributed by atoms with Crippen molar-refractivity contribution in [2.75, 3.05) is 25.1 Å². The molecule has 7 heteroatoms. The number of anilines is 1. The summed E-state index contributed by atoms with van der Waals surface area (Å²) in [7, 11) is 1.73. The number of ether oxygens (including phenoxy) is 1. The zero-order chi connectivity index (χ0) is 23.4. The van der Waals surface area contributed by atoms with E-state index < -0.39 is 5.82 Å². The standard InChI is InChI=1S/C27H26ClFN4O/c1-17-25(21-4-3-5-22(29)24(21)28)33-23(8-11-30-33)26(31-17)32-12-9-27(10-13-32)15-18-6-7-20(34-2)14-19(18)16-27/h3-8,11,14H,9-10,12-13,15-16H2,1-2H3. The monoisotopic (exact) mass is 476 g/mol. The summed E-state index contributed by atoms with van der Waals surface area (Å²) >= 11 is 6.32. The van der Waals surface area contributed by atoms with Crippen LogP contribution in [-0.2, 0) is 12.8 Å². The van der Waals surface area contributed by atoms with Gasteiger partial charge in [0.15, 0.2) is 5.82 Å². The first-order chi connectivity index (χ1) is 16.5. The van der Waals surface area contributed by atoms with E-state index >= 15 is 0 Å². The van der Waals surface area contributed by atoms with Crippen molar-refractivity contribution in [1.82, 2.24) is 14.6 Å². The summed E-state index contributed by atoms with van der Waals surface area (Å²) in [5.41, 5.74) is 6.21. The highest BCUT2D eigenvalue weighted by Crippen LogP contribution is 2.46. The van der Waals surface area contributed by atoms with Crippen LogP contribution in [0.4, 0.5) is 10.2 Å². The fourth-order valence-corrected chi connectivity index (χ4v) is 6.00. The SMILES string of the molecule is COc1ccc2c(c1)CC1(CCN(c3nc(C)c(-c4cccc(F)c4Cl)n4nccc34)CC1)C2. The van der Waals surface area contributed by atoms with E-state index in [2.05, 4.69) is 28.2 Å². The Bertz CT molecular complexity index is 1410. The minimum atomic E-state index is -0.445. The average molecular weight is 477 g/mol. The molecule has 6 rings (SSSR count). The second-order valence-electron chi connectivity index (χ2n) is 9.57. The molecule has 34 heavy (non-hydrogen) atoms. The van der Waals surface area contributed by atoms with E-state index in [1.807, 2.05) is 23.6 Å². The van der Waals surface area contributed by atoms with Gasteiger partial charge < -0.3 is 9.64 Å². The maximum Gasteiger partial charge on any atom is 0.155 e. The highest BCUT2D eigenvalue weighted by Gasteiger charge is 2.40. The normalized spacial score (nSPS) is 16.9. The van der Waals surface area contributed by atoms with E-state index in [4.69, 9.17) is 21.3 Å². The van der Waals surface area contributed by atoms with Gasteiger partial charge in [-0.2, -0.15) is 5.10 Å². The summed E-state index contributed by atoms with van der Waals surface area (Å²) in [5, 5.41) is 4.65. The summed E-state index contributed by atoms with van der Waals surface area (Å²) in [6, 6.07) is 13.3. The highest BCUT2D eigenvalue weighted by atomic mass is 35.5. The number of methoxy groups -OCH3 is 1. The lowest BCUT2D eigenvalue weighted by molar-refractivity contribution is 0.232. The van der Waals surface area contributed by atoms with Gasteiger partial charge in [-0.1, -0.05) is 29.8 Å². The van der Waals surface area contributed by atoms with Crippen LogP contribution < -0.4 is 9.64 Å². The number of nitrogens with zero attached hydrogens (tertiary/aromatic N) is 4. The molecule has 5 nitrogen and oxygen atoms in total. The van der Waals surface area contributed by atoms with Gasteiger partial charge in [-0.15, -0.1) is 0 Å². The van der Waals surface area contributed by atoms with Crippen molar-refractivity contribution >= 4 is 22.9 Å². The van der Waals surface area contributed by atoms with E-state index in [0.29, 0.717) is 11.0 Å². The maximum absolute atomic E-state index is 14.2. The Labute approximate surface area is 203 Å². The third-order valence-electron chi connectivity index (χ3n) is 7.57. The summed E-state index contributed by atoms with van der Waals surface area (Å²) in [6.07, 6.45) is 6.23. The predicted molar refractivity (Wildman–Crippen MR) is 132 cm³/mol. The Kier molecular flexibility index (Phi) is 5.03. The van der Waals surface area contributed by atoms with E-state index in [9.17, 15) is 4.39 Å². The van der Waals surface area contributed by atoms with Crippen LogP contribution in [-0.4, -0.2) is 34.8 Å². The molecule has 174 valence electrons. The number of piperidine rings is 1. The summed E-state index contributed by atoms with van der Waals surface area (Å²) in [6.45, 7) is 3.82. The fraction of sp³-hybridized carbons (Fsp3) is 0.333. The van der Waals surface area contributed by atoms with Gasteiger partial charge in [-0.05, 0) is 73.4 Å². The molecule has 3 heterocycles. The van der Waals surface area contributed by atoms with Crippen molar-refractivity contribution < 1.29 is 9.13 Å². The maximum atomic E-state index is 14.2. The largest absolute Gasteiger partial charge is 0.497 e. The molecule has 2 aromatic heterocycles. The first-order valence-corrected chi connectivity index (χ1v) is 12.1. The van der Waals surface area contributed by atoms with Crippen LogP contribution in [0.15, 0.2) is 48.7 Å². The fourth-order valence-electron chi connectivity index (χ4n) is 5.78. The van der Waals surface area contributed by atoms with Crippen molar-refractivity contribution in [1.29, 1.82) is 0 Å². The zero-order valence-corrected chi connectivity index (χ0v) is 20.1. The van der Waals surface area contributed by atoms with Crippen LogP contribution in [0.3, 0.4) is 0 Å². The van der Waals surface area contributed by atoms with Gasteiger partial charge in [0.2, 0.25) is 0 Å². The molecule has 0 N–H and O–H groups in total. The first-order valence-electron chi connectivity index (χ1n) is 11.7. The van der Waals surface area contributed by atoms with Gasteiger partial charge >= 0.3 is 0 Å². The number of fused-ring (bicyclic) bond motifs is 2. The van der Waals surface area contributed by atoms with Crippen LogP contribution in [0.25, 0.3) is 16.8 Å². The van der Waals surface area contributed by atoms with Gasteiger partial charge in [-0.25, -0.2) is 13.9 Å². The molecule has 0 atom stereocenters. The Morgan fingerprint density at radius 1 is 1.06 bits per heavy atom. The molecule has 4 aromatic rings. The number of hydrogen-bond donors (Lipinski definition) is 0. The summed E-state index contributed by atoms with van der Waals surface area (Å²) in [4.78, 5) is 7.36. The third-order valence-corrected chi connectivity index (χ3v) is 7.96. The minimum Gasteiger partial charge on any atom is -0.497 e. The number of aryl methyl sites for hydroxylation is 1. The van der Waals surface area contributed by atoms with Gasteiger partial charge in [0, 0.05) is 18.7 Å². The van der Waals surface area contributed by atoms with E-state index in [0.717, 1.165) is 67.2 Å². The zero-order valence-electron chi connectivity index (χ0n) is 19.3. The topological polar surface area (TPSA) is 42.7 Å². The second kappa shape index (κ2) is 7.98. The number of aromatic nitrogens is 3. The molecule has 0 radical (unpaired) electrons. The lowest BCUT2D eigenvalue weighted by Gasteiger charge is -2.40. The molecule has 1 fully saturated rings. The van der Waals surface area contributed by atoms with Gasteiger partial charge in [-0.3, -0.25) is 0 Å². The van der Waals surface area contributed by atoms with Gasteiger partial charge in [0.1, 0.15) is 17.1 Å². The summed E-state index contributed by atoms with van der Waals surface area (Å²) in [5.74, 6) is 1.42. The number of rotatable bonds is 3. The Morgan fingerprint density at radius 3 is 2.65 bits per heavy atom. The molecule has 1 aliphatic heterocycles. The number of benzene rings is 2. The predicted octanol–water partition coefficient (Wildman–Crippen LogP) is 5.89. The van der Waals surface area contributed by atoms with E-state index in [1.165, 1.54) is 17.2 Å². The molecule has 0 unspecified atom stereocenters. The smallest absolute Gasteiger partial charge is 0.155 e. The van der Waals surface area contributed by atoms with Gasteiger partial charge in [0.25, 0.3) is 0 Å². The minimum absolute atomic E-state index is 0.0919. The van der Waals surface area contributed by atoms with Crippen LogP contribution in [0.2, 0.25) is 5.02 Å². The molecule has 0 bridgehead atoms. The molecule has 2 aromatic carbocycles.